The fraction of sp³-hybridized carbons (Fsp3) is 0.667. The van der Waals surface area contributed by atoms with Crippen molar-refractivity contribution in [2.24, 2.45) is 5.41 Å². The number of halogens is 1. The average molecular weight is 324 g/mol. The van der Waals surface area contributed by atoms with Gasteiger partial charge in [0.1, 0.15) is 5.82 Å². The van der Waals surface area contributed by atoms with E-state index in [2.05, 4.69) is 25.8 Å². The molecule has 1 aromatic heterocycles. The van der Waals surface area contributed by atoms with Crippen LogP contribution in [0.4, 0.5) is 11.5 Å². The Balaban J connectivity index is 1.69. The zero-order chi connectivity index (χ0) is 13.3. The van der Waals surface area contributed by atoms with E-state index in [1.807, 2.05) is 6.07 Å². The van der Waals surface area contributed by atoms with E-state index in [1.165, 1.54) is 44.9 Å². The maximum Gasteiger partial charge on any atom is 0.143 e. The fourth-order valence-electron chi connectivity index (χ4n) is 3.67. The monoisotopic (exact) mass is 323 g/mol. The molecule has 2 fully saturated rings. The molecule has 0 bridgehead atoms. The van der Waals surface area contributed by atoms with Crippen LogP contribution in [0.3, 0.4) is 0 Å². The quantitative estimate of drug-likeness (QED) is 0.850. The van der Waals surface area contributed by atoms with Crippen molar-refractivity contribution in [1.29, 1.82) is 0 Å². The van der Waals surface area contributed by atoms with Crippen LogP contribution in [-0.4, -0.2) is 18.1 Å². The highest BCUT2D eigenvalue weighted by atomic mass is 79.9. The van der Waals surface area contributed by atoms with Gasteiger partial charge in [-0.15, -0.1) is 0 Å². The molecule has 3 nitrogen and oxygen atoms in total. The van der Waals surface area contributed by atoms with Crippen molar-refractivity contribution in [2.45, 2.75) is 44.9 Å². The van der Waals surface area contributed by atoms with Gasteiger partial charge in [-0.3, -0.25) is 0 Å². The molecule has 0 aromatic carbocycles. The number of hydrogen-bond acceptors (Lipinski definition) is 3. The summed E-state index contributed by atoms with van der Waals surface area (Å²) in [5, 5.41) is 0. The molecule has 0 radical (unpaired) electrons. The Labute approximate surface area is 123 Å². The first-order valence-corrected chi connectivity index (χ1v) is 8.14. The molecule has 2 aliphatic rings. The Kier molecular flexibility index (Phi) is 3.70. The third kappa shape index (κ3) is 2.73. The number of pyridine rings is 1. The zero-order valence-electron chi connectivity index (χ0n) is 11.4. The van der Waals surface area contributed by atoms with Gasteiger partial charge in [0.05, 0.1) is 16.4 Å². The summed E-state index contributed by atoms with van der Waals surface area (Å²) in [5.41, 5.74) is 7.12. The molecule has 2 heterocycles. The smallest absolute Gasteiger partial charge is 0.143 e. The van der Waals surface area contributed by atoms with Crippen LogP contribution in [0.2, 0.25) is 0 Å². The summed E-state index contributed by atoms with van der Waals surface area (Å²) in [7, 11) is 0. The molecule has 0 atom stereocenters. The Morgan fingerprint density at radius 3 is 2.42 bits per heavy atom. The topological polar surface area (TPSA) is 42.1 Å². The number of anilines is 2. The maximum absolute atomic E-state index is 5.76. The Bertz CT molecular complexity index is 445. The third-order valence-corrected chi connectivity index (χ3v) is 5.46. The van der Waals surface area contributed by atoms with Gasteiger partial charge in [0.15, 0.2) is 0 Å². The standard InChI is InChI=1S/C15H22BrN3/c16-13-10-12(17)11-18-14(13)19-8-6-15(7-9-19)4-2-1-3-5-15/h10-11H,1-9,17H2. The van der Waals surface area contributed by atoms with E-state index in [0.717, 1.165) is 29.1 Å². The Morgan fingerprint density at radius 2 is 1.79 bits per heavy atom. The SMILES string of the molecule is Nc1cnc(N2CCC3(CCCCC3)CC2)c(Br)c1. The van der Waals surface area contributed by atoms with E-state index >= 15 is 0 Å². The number of nitrogens with two attached hydrogens (primary N) is 1. The van der Waals surface area contributed by atoms with Crippen LogP contribution in [0.5, 0.6) is 0 Å². The summed E-state index contributed by atoms with van der Waals surface area (Å²) in [6, 6.07) is 1.95. The first kappa shape index (κ1) is 13.2. The summed E-state index contributed by atoms with van der Waals surface area (Å²) < 4.78 is 1.02. The van der Waals surface area contributed by atoms with E-state index in [4.69, 9.17) is 5.73 Å². The van der Waals surface area contributed by atoms with Gasteiger partial charge in [-0.2, -0.15) is 0 Å². The van der Waals surface area contributed by atoms with E-state index in [9.17, 15) is 0 Å². The molecule has 104 valence electrons. The molecular formula is C15H22BrN3. The van der Waals surface area contributed by atoms with E-state index in [1.54, 1.807) is 6.20 Å². The van der Waals surface area contributed by atoms with Gasteiger partial charge in [-0.1, -0.05) is 19.3 Å². The average Bonchev–Trinajstić information content (AvgIpc) is 2.41. The zero-order valence-corrected chi connectivity index (χ0v) is 13.0. The molecule has 0 unspecified atom stereocenters. The van der Waals surface area contributed by atoms with Crippen LogP contribution in [0.15, 0.2) is 16.7 Å². The number of rotatable bonds is 1. The van der Waals surface area contributed by atoms with Crippen LogP contribution in [0, 0.1) is 5.41 Å². The molecule has 1 saturated heterocycles. The molecule has 19 heavy (non-hydrogen) atoms. The molecular weight excluding hydrogens is 302 g/mol. The third-order valence-electron chi connectivity index (χ3n) is 4.88. The van der Waals surface area contributed by atoms with Gasteiger partial charge in [-0.25, -0.2) is 4.98 Å². The number of nitrogen functional groups attached to an aromatic ring is 1. The minimum absolute atomic E-state index is 0.648. The second-order valence-electron chi connectivity index (χ2n) is 6.12. The van der Waals surface area contributed by atoms with Crippen LogP contribution in [-0.2, 0) is 0 Å². The van der Waals surface area contributed by atoms with Crippen molar-refractivity contribution in [3.05, 3.63) is 16.7 Å². The Morgan fingerprint density at radius 1 is 1.11 bits per heavy atom. The molecule has 1 spiro atoms. The van der Waals surface area contributed by atoms with Gasteiger partial charge in [0.2, 0.25) is 0 Å². The summed E-state index contributed by atoms with van der Waals surface area (Å²) in [5.74, 6) is 1.06. The van der Waals surface area contributed by atoms with E-state index in [0.29, 0.717) is 5.41 Å². The lowest BCUT2D eigenvalue weighted by Gasteiger charge is -2.44. The lowest BCUT2D eigenvalue weighted by atomic mass is 9.68. The predicted molar refractivity (Wildman–Crippen MR) is 83.3 cm³/mol. The highest BCUT2D eigenvalue weighted by molar-refractivity contribution is 9.10. The first-order valence-electron chi connectivity index (χ1n) is 7.35. The Hall–Kier alpha value is -0.770. The minimum Gasteiger partial charge on any atom is -0.397 e. The maximum atomic E-state index is 5.76. The lowest BCUT2D eigenvalue weighted by Crippen LogP contribution is -2.41. The number of aromatic nitrogens is 1. The van der Waals surface area contributed by atoms with Gasteiger partial charge < -0.3 is 10.6 Å². The normalized spacial score (nSPS) is 22.7. The van der Waals surface area contributed by atoms with Crippen LogP contribution >= 0.6 is 15.9 Å². The molecule has 3 rings (SSSR count). The predicted octanol–water partition coefficient (Wildman–Crippen LogP) is 3.98. The second kappa shape index (κ2) is 5.31. The van der Waals surface area contributed by atoms with Crippen LogP contribution in [0.25, 0.3) is 0 Å². The minimum atomic E-state index is 0.648. The fourth-order valence-corrected chi connectivity index (χ4v) is 4.29. The number of hydrogen-bond donors (Lipinski definition) is 1. The molecule has 0 amide bonds. The highest BCUT2D eigenvalue weighted by Crippen LogP contribution is 2.45. The molecule has 1 aromatic rings. The summed E-state index contributed by atoms with van der Waals surface area (Å²) in [6.45, 7) is 2.27. The van der Waals surface area contributed by atoms with Crippen molar-refractivity contribution < 1.29 is 0 Å². The summed E-state index contributed by atoms with van der Waals surface area (Å²) >= 11 is 3.59. The van der Waals surface area contributed by atoms with Crippen molar-refractivity contribution in [1.82, 2.24) is 4.98 Å². The van der Waals surface area contributed by atoms with Crippen LogP contribution in [0.1, 0.15) is 44.9 Å². The van der Waals surface area contributed by atoms with E-state index < -0.39 is 0 Å². The molecule has 4 heteroatoms. The lowest BCUT2D eigenvalue weighted by molar-refractivity contribution is 0.144. The van der Waals surface area contributed by atoms with Crippen molar-refractivity contribution in [3.8, 4) is 0 Å². The van der Waals surface area contributed by atoms with Crippen molar-refractivity contribution in [3.63, 3.8) is 0 Å². The van der Waals surface area contributed by atoms with Gasteiger partial charge >= 0.3 is 0 Å². The number of piperidine rings is 1. The number of nitrogens with zero attached hydrogens (tertiary/aromatic N) is 2. The highest BCUT2D eigenvalue weighted by Gasteiger charge is 2.36. The van der Waals surface area contributed by atoms with Crippen LogP contribution < -0.4 is 10.6 Å². The molecule has 1 aliphatic carbocycles. The molecule has 1 aliphatic heterocycles. The van der Waals surface area contributed by atoms with Gasteiger partial charge in [-0.05, 0) is 53.1 Å². The largest absolute Gasteiger partial charge is 0.397 e. The first-order chi connectivity index (χ1) is 9.19. The van der Waals surface area contributed by atoms with E-state index in [-0.39, 0.29) is 0 Å². The second-order valence-corrected chi connectivity index (χ2v) is 6.98. The van der Waals surface area contributed by atoms with Gasteiger partial charge in [0.25, 0.3) is 0 Å². The summed E-state index contributed by atoms with van der Waals surface area (Å²) in [4.78, 5) is 6.90. The van der Waals surface area contributed by atoms with Gasteiger partial charge in [0, 0.05) is 13.1 Å². The molecule has 2 N–H and O–H groups in total. The van der Waals surface area contributed by atoms with Crippen molar-refractivity contribution >= 4 is 27.4 Å². The summed E-state index contributed by atoms with van der Waals surface area (Å²) in [6.07, 6.45) is 11.6. The molecule has 1 saturated carbocycles. The van der Waals surface area contributed by atoms with Crippen molar-refractivity contribution in [2.75, 3.05) is 23.7 Å².